The van der Waals surface area contributed by atoms with Crippen molar-refractivity contribution in [2.75, 3.05) is 18.8 Å². The monoisotopic (exact) mass is 605 g/mol. The van der Waals surface area contributed by atoms with E-state index in [2.05, 4.69) is 0 Å². The molecule has 1 aliphatic rings. The van der Waals surface area contributed by atoms with E-state index in [1.807, 2.05) is 0 Å². The molecular weight excluding hydrogens is 573 g/mol. The molecule has 1 aliphatic heterocycles. The lowest BCUT2D eigenvalue weighted by atomic mass is 9.87. The van der Waals surface area contributed by atoms with E-state index in [0.29, 0.717) is 17.7 Å². The Morgan fingerprint density at radius 3 is 2.05 bits per heavy atom. The largest absolute Gasteiger partial charge is 0.496 e. The van der Waals surface area contributed by atoms with Gasteiger partial charge in [-0.2, -0.15) is 13.2 Å². The quantitative estimate of drug-likeness (QED) is 0.183. The zero-order chi connectivity index (χ0) is 31.2. The van der Waals surface area contributed by atoms with Crippen molar-refractivity contribution < 1.29 is 54.8 Å². The molecule has 1 heterocycles. The van der Waals surface area contributed by atoms with Gasteiger partial charge in [-0.3, -0.25) is 13.8 Å². The average molecular weight is 606 g/mol. The summed E-state index contributed by atoms with van der Waals surface area (Å²) in [7, 11) is -3.14. The summed E-state index contributed by atoms with van der Waals surface area (Å²) in [6.07, 6.45) is -6.46. The number of anilines is 1. The fraction of sp³-hybridized carbons (Fsp3) is 0.481. The summed E-state index contributed by atoms with van der Waals surface area (Å²) in [5.41, 5.74) is -7.43. The van der Waals surface area contributed by atoms with E-state index >= 15 is 4.39 Å². The lowest BCUT2D eigenvalue weighted by Crippen LogP contribution is -2.42. The van der Waals surface area contributed by atoms with Crippen LogP contribution in [-0.2, 0) is 39.5 Å². The molecule has 3 rings (SSSR count). The topological polar surface area (TPSA) is 101 Å². The summed E-state index contributed by atoms with van der Waals surface area (Å²) in [5.74, 6) is -1.61. The Morgan fingerprint density at radius 1 is 0.951 bits per heavy atom. The van der Waals surface area contributed by atoms with Gasteiger partial charge in [0, 0.05) is 11.1 Å². The number of phosphoric acid groups is 1. The minimum Gasteiger partial charge on any atom is -0.496 e. The van der Waals surface area contributed by atoms with Crippen LogP contribution in [0.15, 0.2) is 36.4 Å². The Labute approximate surface area is 235 Å². The molecule has 1 unspecified atom stereocenters. The number of aryl methyl sites for hydroxylation is 1. The molecule has 0 spiro atoms. The van der Waals surface area contributed by atoms with Gasteiger partial charge in [-0.25, -0.2) is 23.2 Å². The minimum absolute atomic E-state index is 0.0737. The first-order valence-electron chi connectivity index (χ1n) is 12.3. The van der Waals surface area contributed by atoms with Gasteiger partial charge in [-0.05, 0) is 72.7 Å². The van der Waals surface area contributed by atoms with E-state index in [9.17, 15) is 27.3 Å². The molecule has 14 heteroatoms. The molecule has 41 heavy (non-hydrogen) atoms. The molecule has 1 atom stereocenters. The molecular formula is C27H32F4NO8P. The van der Waals surface area contributed by atoms with Crippen molar-refractivity contribution in [2.24, 2.45) is 0 Å². The lowest BCUT2D eigenvalue weighted by molar-refractivity contribution is -0.137. The van der Waals surface area contributed by atoms with Crippen molar-refractivity contribution in [1.82, 2.24) is 0 Å². The Bertz CT molecular complexity index is 1360. The Kier molecular flexibility index (Phi) is 8.74. The first kappa shape index (κ1) is 32.5. The second kappa shape index (κ2) is 11.0. The van der Waals surface area contributed by atoms with Crippen LogP contribution in [-0.4, -0.2) is 37.1 Å². The highest BCUT2D eigenvalue weighted by molar-refractivity contribution is 7.48. The number of halogens is 4. The number of phosphoric ester groups is 1. The molecule has 226 valence electrons. The number of hydrogen-bond donors (Lipinski definition) is 0. The third-order valence-corrected chi connectivity index (χ3v) is 7.47. The molecule has 0 aromatic heterocycles. The number of ether oxygens (including phenoxy) is 2. The van der Waals surface area contributed by atoms with Crippen LogP contribution in [0.4, 0.5) is 28.0 Å². The third-order valence-electron chi connectivity index (χ3n) is 5.51. The van der Waals surface area contributed by atoms with Crippen LogP contribution < -0.4 is 9.64 Å². The second-order valence-corrected chi connectivity index (χ2v) is 12.8. The van der Waals surface area contributed by atoms with Gasteiger partial charge >= 0.3 is 20.1 Å². The average Bonchev–Trinajstić information content (AvgIpc) is 3.02. The van der Waals surface area contributed by atoms with Gasteiger partial charge in [0.1, 0.15) is 5.75 Å². The van der Waals surface area contributed by atoms with E-state index in [1.54, 1.807) is 54.5 Å². The van der Waals surface area contributed by atoms with Crippen LogP contribution in [0.2, 0.25) is 0 Å². The normalized spacial score (nSPS) is 18.0. The Balaban J connectivity index is 2.02. The summed E-state index contributed by atoms with van der Waals surface area (Å²) in [6, 6.07) is 6.11. The second-order valence-electron chi connectivity index (χ2n) is 11.2. The number of hydrogen-bond acceptors (Lipinski definition) is 8. The zero-order valence-electron chi connectivity index (χ0n) is 23.8. The number of nitrogens with zero attached hydrogens (tertiary/aromatic N) is 1. The van der Waals surface area contributed by atoms with Crippen LogP contribution in [0.1, 0.15) is 63.8 Å². The van der Waals surface area contributed by atoms with Gasteiger partial charge in [0.05, 0.1) is 29.6 Å². The molecule has 9 nitrogen and oxygen atoms in total. The van der Waals surface area contributed by atoms with Gasteiger partial charge < -0.3 is 9.47 Å². The first-order chi connectivity index (χ1) is 18.6. The van der Waals surface area contributed by atoms with E-state index in [0.717, 1.165) is 6.07 Å². The number of imide groups is 1. The lowest BCUT2D eigenvalue weighted by Gasteiger charge is -2.30. The van der Waals surface area contributed by atoms with E-state index in [-0.39, 0.29) is 16.2 Å². The van der Waals surface area contributed by atoms with E-state index in [1.165, 1.54) is 19.2 Å². The number of alkyl halides is 4. The van der Waals surface area contributed by atoms with Crippen LogP contribution >= 0.6 is 7.82 Å². The van der Waals surface area contributed by atoms with Gasteiger partial charge in [-0.1, -0.05) is 17.7 Å². The molecule has 0 aliphatic carbocycles. The fourth-order valence-corrected chi connectivity index (χ4v) is 5.71. The molecule has 2 amide bonds. The molecule has 2 aromatic carbocycles. The van der Waals surface area contributed by atoms with Gasteiger partial charge in [0.15, 0.2) is 0 Å². The van der Waals surface area contributed by atoms with Crippen molar-refractivity contribution in [3.8, 4) is 5.75 Å². The van der Waals surface area contributed by atoms with Gasteiger partial charge in [0.2, 0.25) is 12.5 Å². The molecule has 0 saturated carbocycles. The number of carbonyl (C=O) groups excluding carboxylic acids is 2. The van der Waals surface area contributed by atoms with Crippen molar-refractivity contribution in [2.45, 2.75) is 71.5 Å². The number of methoxy groups -OCH3 is 1. The number of fused-ring (bicyclic) bond motifs is 1. The summed E-state index contributed by atoms with van der Waals surface area (Å²) >= 11 is 0. The van der Waals surface area contributed by atoms with Crippen LogP contribution in [0.3, 0.4) is 0 Å². The van der Waals surface area contributed by atoms with Crippen LogP contribution in [0.25, 0.3) is 0 Å². The maximum atomic E-state index is 16.9. The number of carbonyl (C=O) groups is 2. The standard InChI is InChI=1S/C27H32F4NO8P/c1-16-9-12-21(36-8)19(13-16)26(28)18-11-10-17(27(29,30)31)14-20(18)32(22(26)33)23(34)37-15-38-41(35,39-24(2,3)4)40-25(5,6)7/h9-14H,15H2,1-8H3. The van der Waals surface area contributed by atoms with Crippen molar-refractivity contribution in [1.29, 1.82) is 0 Å². The van der Waals surface area contributed by atoms with E-state index in [4.69, 9.17) is 23.0 Å². The maximum absolute atomic E-state index is 16.9. The molecule has 0 bridgehead atoms. The number of amides is 2. The van der Waals surface area contributed by atoms with Crippen LogP contribution in [0, 0.1) is 6.92 Å². The van der Waals surface area contributed by atoms with Crippen molar-refractivity contribution in [3.63, 3.8) is 0 Å². The molecule has 0 saturated heterocycles. The third kappa shape index (κ3) is 7.09. The van der Waals surface area contributed by atoms with Crippen LogP contribution in [0.5, 0.6) is 5.75 Å². The Hall–Kier alpha value is -2.99. The molecule has 0 radical (unpaired) electrons. The summed E-state index contributed by atoms with van der Waals surface area (Å²) in [6.45, 7) is 9.92. The zero-order valence-corrected chi connectivity index (χ0v) is 24.7. The van der Waals surface area contributed by atoms with Crippen molar-refractivity contribution >= 4 is 25.5 Å². The summed E-state index contributed by atoms with van der Waals surface area (Å²) < 4.78 is 96.9. The van der Waals surface area contributed by atoms with Gasteiger partial charge in [-0.15, -0.1) is 0 Å². The smallest absolute Gasteiger partial charge is 0.478 e. The fourth-order valence-electron chi connectivity index (χ4n) is 4.04. The van der Waals surface area contributed by atoms with Gasteiger partial charge in [0.25, 0.3) is 5.91 Å². The minimum atomic E-state index is -4.87. The maximum Gasteiger partial charge on any atom is 0.478 e. The predicted octanol–water partition coefficient (Wildman–Crippen LogP) is 7.43. The number of benzene rings is 2. The summed E-state index contributed by atoms with van der Waals surface area (Å²) in [4.78, 5) is 26.8. The highest BCUT2D eigenvalue weighted by atomic mass is 31.2. The SMILES string of the molecule is COc1ccc(C)cc1C1(F)C(=O)N(C(=O)OCOP(=O)(OC(C)(C)C)OC(C)(C)C)c2cc(C(F)(F)F)ccc21. The first-order valence-corrected chi connectivity index (χ1v) is 13.8. The predicted molar refractivity (Wildman–Crippen MR) is 140 cm³/mol. The summed E-state index contributed by atoms with van der Waals surface area (Å²) in [5, 5.41) is 0. The highest BCUT2D eigenvalue weighted by Gasteiger charge is 2.57. The molecule has 0 fully saturated rings. The number of rotatable bonds is 7. The van der Waals surface area contributed by atoms with E-state index < -0.39 is 66.5 Å². The van der Waals surface area contributed by atoms with Crippen molar-refractivity contribution in [3.05, 3.63) is 58.7 Å². The molecule has 2 aromatic rings. The molecule has 0 N–H and O–H groups in total. The Morgan fingerprint density at radius 2 is 1.54 bits per heavy atom. The highest BCUT2D eigenvalue weighted by Crippen LogP contribution is 2.56.